The van der Waals surface area contributed by atoms with E-state index in [9.17, 15) is 5.11 Å². The lowest BCUT2D eigenvalue weighted by molar-refractivity contribution is 0.0331. The predicted molar refractivity (Wildman–Crippen MR) is 92.0 cm³/mol. The summed E-state index contributed by atoms with van der Waals surface area (Å²) in [6.45, 7) is 6.63. The van der Waals surface area contributed by atoms with Crippen molar-refractivity contribution < 1.29 is 5.11 Å². The van der Waals surface area contributed by atoms with Gasteiger partial charge in [-0.25, -0.2) is 0 Å². The summed E-state index contributed by atoms with van der Waals surface area (Å²) in [4.78, 5) is 0. The third kappa shape index (κ3) is 2.62. The lowest BCUT2D eigenvalue weighted by Crippen LogP contribution is -2.29. The summed E-state index contributed by atoms with van der Waals surface area (Å²) >= 11 is 0. The fourth-order valence-electron chi connectivity index (χ4n) is 3.27. The van der Waals surface area contributed by atoms with Gasteiger partial charge in [-0.3, -0.25) is 0 Å². The van der Waals surface area contributed by atoms with E-state index < -0.39 is 5.60 Å². The van der Waals surface area contributed by atoms with Crippen molar-refractivity contribution in [1.82, 2.24) is 0 Å². The molecule has 0 fully saturated rings. The molecule has 1 N–H and O–H groups in total. The Kier molecular flexibility index (Phi) is 3.70. The van der Waals surface area contributed by atoms with Gasteiger partial charge in [0.05, 0.1) is 0 Å². The largest absolute Gasteiger partial charge is 0.384 e. The first-order chi connectivity index (χ1) is 10.4. The molecule has 0 spiro atoms. The summed E-state index contributed by atoms with van der Waals surface area (Å²) in [6, 6.07) is 18.7. The van der Waals surface area contributed by atoms with E-state index in [2.05, 4.69) is 69.3 Å². The van der Waals surface area contributed by atoms with Gasteiger partial charge < -0.3 is 5.11 Å². The maximum Gasteiger partial charge on any atom is 0.103 e. The van der Waals surface area contributed by atoms with E-state index in [0.717, 1.165) is 5.56 Å². The topological polar surface area (TPSA) is 20.2 Å². The Morgan fingerprint density at radius 3 is 2.18 bits per heavy atom. The van der Waals surface area contributed by atoms with Crippen molar-refractivity contribution in [3.8, 4) is 0 Å². The Bertz CT molecular complexity index is 661. The van der Waals surface area contributed by atoms with Gasteiger partial charge in [0, 0.05) is 5.92 Å². The third-order valence-corrected chi connectivity index (χ3v) is 4.68. The van der Waals surface area contributed by atoms with E-state index in [0.29, 0.717) is 6.42 Å². The molecule has 0 unspecified atom stereocenters. The van der Waals surface area contributed by atoms with Crippen LogP contribution in [0.5, 0.6) is 0 Å². The van der Waals surface area contributed by atoms with Gasteiger partial charge in [-0.2, -0.15) is 0 Å². The van der Waals surface area contributed by atoms with Crippen LogP contribution in [0, 0.1) is 0 Å². The number of benzene rings is 2. The Hall–Kier alpha value is -1.86. The highest BCUT2D eigenvalue weighted by atomic mass is 16.3. The minimum atomic E-state index is -0.836. The van der Waals surface area contributed by atoms with E-state index in [1.54, 1.807) is 0 Å². The van der Waals surface area contributed by atoms with Crippen LogP contribution in [-0.4, -0.2) is 5.11 Å². The molecular weight excluding hydrogens is 268 g/mol. The molecule has 0 aromatic heterocycles. The Balaban J connectivity index is 1.96. The molecule has 2 aromatic carbocycles. The van der Waals surface area contributed by atoms with Crippen molar-refractivity contribution >= 4 is 0 Å². The van der Waals surface area contributed by atoms with Crippen LogP contribution < -0.4 is 0 Å². The van der Waals surface area contributed by atoms with Crippen LogP contribution in [0.25, 0.3) is 0 Å². The van der Waals surface area contributed by atoms with Crippen LogP contribution in [0.1, 0.15) is 49.8 Å². The average Bonchev–Trinajstić information content (AvgIpc) is 2.91. The third-order valence-electron chi connectivity index (χ3n) is 4.68. The highest BCUT2D eigenvalue weighted by molar-refractivity contribution is 5.40. The molecule has 114 valence electrons. The molecule has 0 amide bonds. The predicted octanol–water partition coefficient (Wildman–Crippen LogP) is 4.92. The fourth-order valence-corrected chi connectivity index (χ4v) is 3.27. The van der Waals surface area contributed by atoms with Gasteiger partial charge in [0.2, 0.25) is 0 Å². The normalized spacial score (nSPS) is 24.6. The van der Waals surface area contributed by atoms with Crippen molar-refractivity contribution in [2.24, 2.45) is 0 Å². The second-order valence-corrected chi connectivity index (χ2v) is 7.27. The van der Waals surface area contributed by atoms with Gasteiger partial charge in [-0.05, 0) is 28.5 Å². The molecule has 0 saturated heterocycles. The van der Waals surface area contributed by atoms with Crippen molar-refractivity contribution in [3.63, 3.8) is 0 Å². The van der Waals surface area contributed by atoms with Crippen LogP contribution in [0.2, 0.25) is 0 Å². The number of hydrogen-bond donors (Lipinski definition) is 1. The second-order valence-electron chi connectivity index (χ2n) is 7.27. The summed E-state index contributed by atoms with van der Waals surface area (Å²) in [7, 11) is 0. The standard InChI is InChI=1S/C21H24O/c1-20(2,3)17-11-13-18(14-12-17)21(22)15-7-10-19(21)16-8-5-4-6-9-16/h4-14,19,22H,15H2,1-3H3/t19-,21+/m0/s1. The van der Waals surface area contributed by atoms with Crippen molar-refractivity contribution in [1.29, 1.82) is 0 Å². The molecule has 3 rings (SSSR count). The van der Waals surface area contributed by atoms with Crippen LogP contribution >= 0.6 is 0 Å². The molecule has 0 saturated carbocycles. The highest BCUT2D eigenvalue weighted by Gasteiger charge is 2.40. The molecule has 22 heavy (non-hydrogen) atoms. The Morgan fingerprint density at radius 1 is 0.955 bits per heavy atom. The molecule has 1 heteroatoms. The zero-order valence-corrected chi connectivity index (χ0v) is 13.6. The van der Waals surface area contributed by atoms with E-state index in [1.165, 1.54) is 11.1 Å². The number of hydrogen-bond acceptors (Lipinski definition) is 1. The summed E-state index contributed by atoms with van der Waals surface area (Å²) < 4.78 is 0. The second kappa shape index (κ2) is 5.40. The maximum absolute atomic E-state index is 11.3. The minimum absolute atomic E-state index is 0.0224. The minimum Gasteiger partial charge on any atom is -0.384 e. The van der Waals surface area contributed by atoms with Crippen LogP contribution in [0.3, 0.4) is 0 Å². The molecule has 0 bridgehead atoms. The molecule has 0 aliphatic heterocycles. The lowest BCUT2D eigenvalue weighted by Gasteiger charge is -2.32. The summed E-state index contributed by atoms with van der Waals surface area (Å²) in [5, 5.41) is 11.3. The van der Waals surface area contributed by atoms with Crippen LogP contribution in [0.4, 0.5) is 0 Å². The van der Waals surface area contributed by atoms with E-state index in [4.69, 9.17) is 0 Å². The van der Waals surface area contributed by atoms with Crippen molar-refractivity contribution in [2.45, 2.75) is 44.1 Å². The molecular formula is C21H24O. The number of aliphatic hydroxyl groups is 1. The molecule has 1 nitrogen and oxygen atoms in total. The first-order valence-corrected chi connectivity index (χ1v) is 7.96. The molecule has 1 aliphatic rings. The van der Waals surface area contributed by atoms with Gasteiger partial charge in [-0.15, -0.1) is 0 Å². The zero-order chi connectivity index (χ0) is 15.8. The Morgan fingerprint density at radius 2 is 1.59 bits per heavy atom. The van der Waals surface area contributed by atoms with E-state index in [1.807, 2.05) is 18.2 Å². The molecule has 0 radical (unpaired) electrons. The smallest absolute Gasteiger partial charge is 0.103 e. The quantitative estimate of drug-likeness (QED) is 0.779. The SMILES string of the molecule is CC(C)(C)c1ccc([C@]2(O)CC=C[C@H]2c2ccccc2)cc1. The fraction of sp³-hybridized carbons (Fsp3) is 0.333. The molecule has 1 aliphatic carbocycles. The average molecular weight is 292 g/mol. The number of rotatable bonds is 2. The van der Waals surface area contributed by atoms with Gasteiger partial charge in [-0.1, -0.05) is 87.5 Å². The molecule has 2 aromatic rings. The first kappa shape index (κ1) is 15.1. The van der Waals surface area contributed by atoms with Gasteiger partial charge in [0.25, 0.3) is 0 Å². The summed E-state index contributed by atoms with van der Waals surface area (Å²) in [5.41, 5.74) is 2.76. The summed E-state index contributed by atoms with van der Waals surface area (Å²) in [5.74, 6) is 0.0224. The molecule has 0 heterocycles. The summed E-state index contributed by atoms with van der Waals surface area (Å²) in [6.07, 6.45) is 4.89. The zero-order valence-electron chi connectivity index (χ0n) is 13.6. The van der Waals surface area contributed by atoms with E-state index >= 15 is 0 Å². The molecule has 2 atom stereocenters. The lowest BCUT2D eigenvalue weighted by atomic mass is 9.78. The van der Waals surface area contributed by atoms with Crippen molar-refractivity contribution in [3.05, 3.63) is 83.4 Å². The van der Waals surface area contributed by atoms with Gasteiger partial charge in [0.15, 0.2) is 0 Å². The van der Waals surface area contributed by atoms with Crippen LogP contribution in [-0.2, 0) is 11.0 Å². The van der Waals surface area contributed by atoms with Crippen molar-refractivity contribution in [2.75, 3.05) is 0 Å². The highest BCUT2D eigenvalue weighted by Crippen LogP contribution is 2.45. The Labute approximate surface area is 133 Å². The van der Waals surface area contributed by atoms with Crippen LogP contribution in [0.15, 0.2) is 66.7 Å². The van der Waals surface area contributed by atoms with E-state index in [-0.39, 0.29) is 11.3 Å². The maximum atomic E-state index is 11.3. The monoisotopic (exact) mass is 292 g/mol. The van der Waals surface area contributed by atoms with Gasteiger partial charge in [0.1, 0.15) is 5.60 Å². The van der Waals surface area contributed by atoms with Gasteiger partial charge >= 0.3 is 0 Å². The first-order valence-electron chi connectivity index (χ1n) is 7.96.